The van der Waals surface area contributed by atoms with Gasteiger partial charge in [-0.15, -0.1) is 0 Å². The first kappa shape index (κ1) is 17.3. The van der Waals surface area contributed by atoms with E-state index < -0.39 is 24.2 Å². The van der Waals surface area contributed by atoms with Gasteiger partial charge in [0, 0.05) is 24.6 Å². The Bertz CT molecular complexity index is 323. The van der Waals surface area contributed by atoms with Crippen LogP contribution in [0.4, 0.5) is 0 Å². The number of carboxylic acid groups (broad SMARTS) is 1. The normalized spacial score (nSPS) is 11.1. The number of carbonyl (C=O) groups is 3. The molecule has 0 aromatic rings. The summed E-state index contributed by atoms with van der Waals surface area (Å²) in [5.41, 5.74) is 0. The first-order valence-electron chi connectivity index (χ1n) is 4.44. The van der Waals surface area contributed by atoms with Crippen molar-refractivity contribution in [3.8, 4) is 0 Å². The summed E-state index contributed by atoms with van der Waals surface area (Å²) in [5, 5.41) is 8.24. The Labute approximate surface area is 98.3 Å². The van der Waals surface area contributed by atoms with Crippen molar-refractivity contribution in [2.45, 2.75) is 19.6 Å². The van der Waals surface area contributed by atoms with Gasteiger partial charge in [0.2, 0.25) is 6.29 Å². The van der Waals surface area contributed by atoms with Crippen molar-refractivity contribution in [3.63, 3.8) is 0 Å². The van der Waals surface area contributed by atoms with Crippen molar-refractivity contribution in [2.24, 2.45) is 0 Å². The number of esters is 2. The van der Waals surface area contributed by atoms with Gasteiger partial charge in [0.15, 0.2) is 0 Å². The molecule has 0 radical (unpaired) electrons. The zero-order chi connectivity index (χ0) is 12.6. The molecule has 0 amide bonds. The van der Waals surface area contributed by atoms with Gasteiger partial charge in [-0.1, -0.05) is 13.5 Å². The molecule has 17 heavy (non-hydrogen) atoms. The van der Waals surface area contributed by atoms with E-state index in [0.29, 0.717) is 6.08 Å². The van der Waals surface area contributed by atoms with E-state index in [-0.39, 0.29) is 12.6 Å². The minimum Gasteiger partial charge on any atom is -0.478 e. The van der Waals surface area contributed by atoms with Gasteiger partial charge in [-0.2, -0.15) is 0 Å². The molecular formula is C10H15NO6. The highest BCUT2D eigenvalue weighted by Crippen LogP contribution is 2.02. The van der Waals surface area contributed by atoms with Crippen molar-refractivity contribution >= 4 is 17.9 Å². The van der Waals surface area contributed by atoms with E-state index in [0.717, 1.165) is 12.2 Å². The lowest BCUT2D eigenvalue weighted by Gasteiger charge is -2.14. The summed E-state index contributed by atoms with van der Waals surface area (Å²) in [7, 11) is 0. The Morgan fingerprint density at radius 2 is 1.76 bits per heavy atom. The Balaban J connectivity index is 0. The Kier molecular flexibility index (Phi) is 9.24. The van der Waals surface area contributed by atoms with Gasteiger partial charge in [0.25, 0.3) is 0 Å². The molecule has 1 unspecified atom stereocenters. The fraction of sp³-hybridized carbons (Fsp3) is 0.300. The fourth-order valence-corrected chi connectivity index (χ4v) is 0.677. The summed E-state index contributed by atoms with van der Waals surface area (Å²) < 4.78 is 9.29. The Morgan fingerprint density at radius 3 is 2.18 bits per heavy atom. The van der Waals surface area contributed by atoms with Gasteiger partial charge in [-0.25, -0.2) is 14.4 Å². The minimum absolute atomic E-state index is 0. The van der Waals surface area contributed by atoms with E-state index in [4.69, 9.17) is 5.11 Å². The van der Waals surface area contributed by atoms with Crippen LogP contribution in [0, 0.1) is 0 Å². The molecule has 96 valence electrons. The number of hydrogen-bond donors (Lipinski definition) is 2. The van der Waals surface area contributed by atoms with Crippen LogP contribution in [-0.4, -0.2) is 29.3 Å². The molecule has 0 aromatic heterocycles. The standard InChI is InChI=1S/C10H12O6.H3N/c1-3-8(13)15-10(4-2)16-9(14)6-5-7(11)12;/h3,5-6,10H,1,4H2,2H3,(H,11,12);1H3. The molecule has 1 atom stereocenters. The fourth-order valence-electron chi connectivity index (χ4n) is 0.677. The SMILES string of the molecule is C=CC(=O)OC(CC)OC(=O)C=CC(=O)O.N. The van der Waals surface area contributed by atoms with Crippen molar-refractivity contribution in [1.29, 1.82) is 0 Å². The van der Waals surface area contributed by atoms with E-state index in [1.165, 1.54) is 0 Å². The van der Waals surface area contributed by atoms with Gasteiger partial charge >= 0.3 is 17.9 Å². The molecule has 4 N–H and O–H groups in total. The lowest BCUT2D eigenvalue weighted by atomic mass is 10.4. The van der Waals surface area contributed by atoms with Gasteiger partial charge in [-0.05, 0) is 0 Å². The molecule has 0 saturated heterocycles. The molecule has 0 spiro atoms. The first-order chi connectivity index (χ1) is 7.49. The van der Waals surface area contributed by atoms with E-state index >= 15 is 0 Å². The summed E-state index contributed by atoms with van der Waals surface area (Å²) >= 11 is 0. The molecular weight excluding hydrogens is 230 g/mol. The van der Waals surface area contributed by atoms with Crippen LogP contribution in [0.25, 0.3) is 0 Å². The van der Waals surface area contributed by atoms with Crippen molar-refractivity contribution in [3.05, 3.63) is 24.8 Å². The van der Waals surface area contributed by atoms with Crippen LogP contribution < -0.4 is 6.15 Å². The van der Waals surface area contributed by atoms with Crippen LogP contribution >= 0.6 is 0 Å². The van der Waals surface area contributed by atoms with Crippen molar-refractivity contribution in [2.75, 3.05) is 0 Å². The number of carboxylic acids is 1. The zero-order valence-electron chi connectivity index (χ0n) is 9.42. The lowest BCUT2D eigenvalue weighted by molar-refractivity contribution is -0.181. The Morgan fingerprint density at radius 1 is 1.24 bits per heavy atom. The summed E-state index contributed by atoms with van der Waals surface area (Å²) in [4.78, 5) is 31.9. The molecule has 0 rings (SSSR count). The highest BCUT2D eigenvalue weighted by molar-refractivity contribution is 5.90. The topological polar surface area (TPSA) is 125 Å². The maximum absolute atomic E-state index is 11.0. The second kappa shape index (κ2) is 9.10. The lowest BCUT2D eigenvalue weighted by Crippen LogP contribution is -2.22. The third kappa shape index (κ3) is 8.82. The third-order valence-corrected chi connectivity index (χ3v) is 1.36. The van der Waals surface area contributed by atoms with Crippen LogP contribution in [-0.2, 0) is 23.9 Å². The maximum Gasteiger partial charge on any atom is 0.334 e. The van der Waals surface area contributed by atoms with E-state index in [9.17, 15) is 14.4 Å². The van der Waals surface area contributed by atoms with Crippen LogP contribution in [0.15, 0.2) is 24.8 Å². The summed E-state index contributed by atoms with van der Waals surface area (Å²) in [6.07, 6.45) is 1.50. The van der Waals surface area contributed by atoms with Gasteiger partial charge in [0.05, 0.1) is 0 Å². The largest absolute Gasteiger partial charge is 0.478 e. The molecule has 0 fully saturated rings. The summed E-state index contributed by atoms with van der Waals surface area (Å²) in [6, 6.07) is 0. The van der Waals surface area contributed by atoms with Gasteiger partial charge in [-0.3, -0.25) is 0 Å². The highest BCUT2D eigenvalue weighted by atomic mass is 16.7. The van der Waals surface area contributed by atoms with Crippen LogP contribution in [0.1, 0.15) is 13.3 Å². The van der Waals surface area contributed by atoms with E-state index in [1.54, 1.807) is 6.92 Å². The first-order valence-corrected chi connectivity index (χ1v) is 4.44. The van der Waals surface area contributed by atoms with Crippen LogP contribution in [0.5, 0.6) is 0 Å². The smallest absolute Gasteiger partial charge is 0.334 e. The quantitative estimate of drug-likeness (QED) is 0.402. The van der Waals surface area contributed by atoms with Crippen molar-refractivity contribution < 1.29 is 29.0 Å². The van der Waals surface area contributed by atoms with Crippen molar-refractivity contribution in [1.82, 2.24) is 6.15 Å². The third-order valence-electron chi connectivity index (χ3n) is 1.36. The van der Waals surface area contributed by atoms with Crippen LogP contribution in [0.2, 0.25) is 0 Å². The molecule has 0 aliphatic heterocycles. The molecule has 7 heteroatoms. The molecule has 0 heterocycles. The second-order valence-electron chi connectivity index (χ2n) is 2.59. The maximum atomic E-state index is 11.0. The molecule has 0 aliphatic rings. The Hall–Kier alpha value is -2.15. The predicted molar refractivity (Wildman–Crippen MR) is 58.3 cm³/mol. The predicted octanol–water partition coefficient (Wildman–Crippen LogP) is 0.798. The van der Waals surface area contributed by atoms with Crippen LogP contribution in [0.3, 0.4) is 0 Å². The highest BCUT2D eigenvalue weighted by Gasteiger charge is 2.13. The number of aliphatic carboxylic acids is 1. The van der Waals surface area contributed by atoms with Gasteiger partial charge in [0.1, 0.15) is 0 Å². The molecule has 0 aliphatic carbocycles. The van der Waals surface area contributed by atoms with E-state index in [1.807, 2.05) is 0 Å². The number of ether oxygens (including phenoxy) is 2. The van der Waals surface area contributed by atoms with Gasteiger partial charge < -0.3 is 20.7 Å². The molecule has 7 nitrogen and oxygen atoms in total. The number of carbonyl (C=O) groups excluding carboxylic acids is 2. The monoisotopic (exact) mass is 245 g/mol. The molecule has 0 bridgehead atoms. The summed E-state index contributed by atoms with van der Waals surface area (Å²) in [5.74, 6) is -2.89. The zero-order valence-corrected chi connectivity index (χ0v) is 9.42. The number of rotatable bonds is 6. The average Bonchev–Trinajstić information content (AvgIpc) is 2.25. The minimum atomic E-state index is -1.27. The summed E-state index contributed by atoms with van der Waals surface area (Å²) in [6.45, 7) is 4.81. The molecule has 0 saturated carbocycles. The molecule has 0 aromatic carbocycles. The number of hydrogen-bond acceptors (Lipinski definition) is 6. The average molecular weight is 245 g/mol. The van der Waals surface area contributed by atoms with E-state index in [2.05, 4.69) is 16.1 Å². The second-order valence-corrected chi connectivity index (χ2v) is 2.59.